The Bertz CT molecular complexity index is 569. The summed E-state index contributed by atoms with van der Waals surface area (Å²) >= 11 is 0. The lowest BCUT2D eigenvalue weighted by Gasteiger charge is -2.66. The SMILES string of the molecule is C[C@@]1(O)CC[C@@]2(C)[C@@H](CC[C@]3(C)[C@@H]2C[C@@H](O)[C@]2(C)C(=O)CC[C@@H]32)C1. The third kappa shape index (κ3) is 1.95. The van der Waals surface area contributed by atoms with E-state index in [0.717, 1.165) is 44.9 Å². The molecule has 0 saturated heterocycles. The standard InChI is InChI=1S/C21H34O3/c1-18(24)9-10-19(2)13(12-18)7-8-20(3)14-5-6-16(22)21(14,4)17(23)11-15(19)20/h13-15,17,23-24H,5-12H2,1-4H3/t13-,14-,15+,17+,18+,19-,20-,21-/m0/s1. The van der Waals surface area contributed by atoms with Crippen molar-refractivity contribution in [2.45, 2.75) is 90.8 Å². The van der Waals surface area contributed by atoms with Gasteiger partial charge in [0.2, 0.25) is 0 Å². The second-order valence-corrected chi connectivity index (χ2v) is 10.5. The summed E-state index contributed by atoms with van der Waals surface area (Å²) in [6, 6.07) is 0. The first-order valence-corrected chi connectivity index (χ1v) is 9.98. The molecule has 4 aliphatic carbocycles. The fourth-order valence-corrected chi connectivity index (χ4v) is 7.81. The summed E-state index contributed by atoms with van der Waals surface area (Å²) in [5, 5.41) is 21.6. The van der Waals surface area contributed by atoms with Crippen molar-refractivity contribution in [3.05, 3.63) is 0 Å². The number of hydrogen-bond donors (Lipinski definition) is 2. The van der Waals surface area contributed by atoms with Gasteiger partial charge in [-0.1, -0.05) is 13.8 Å². The van der Waals surface area contributed by atoms with E-state index in [9.17, 15) is 15.0 Å². The summed E-state index contributed by atoms with van der Waals surface area (Å²) < 4.78 is 0. The number of Topliss-reactive ketones (excluding diaryl/α,β-unsaturated/α-hetero) is 1. The molecule has 0 heterocycles. The molecule has 4 fully saturated rings. The molecule has 0 bridgehead atoms. The normalized spacial score (nSPS) is 60.3. The maximum atomic E-state index is 12.6. The predicted octanol–water partition coefficient (Wildman–Crippen LogP) is 3.71. The molecule has 0 amide bonds. The Morgan fingerprint density at radius 2 is 1.67 bits per heavy atom. The minimum Gasteiger partial charge on any atom is -0.392 e. The highest BCUT2D eigenvalue weighted by molar-refractivity contribution is 5.88. The van der Waals surface area contributed by atoms with E-state index in [2.05, 4.69) is 13.8 Å². The first-order chi connectivity index (χ1) is 11.0. The molecule has 3 heteroatoms. The summed E-state index contributed by atoms with van der Waals surface area (Å²) in [5.41, 5.74) is -0.685. The number of hydrogen-bond acceptors (Lipinski definition) is 3. The molecule has 136 valence electrons. The molecular formula is C21H34O3. The largest absolute Gasteiger partial charge is 0.392 e. The molecular weight excluding hydrogens is 300 g/mol. The Morgan fingerprint density at radius 1 is 0.958 bits per heavy atom. The molecule has 4 rings (SSSR count). The van der Waals surface area contributed by atoms with Crippen LogP contribution in [0.5, 0.6) is 0 Å². The van der Waals surface area contributed by atoms with Gasteiger partial charge in [-0.3, -0.25) is 4.79 Å². The number of fused-ring (bicyclic) bond motifs is 5. The highest BCUT2D eigenvalue weighted by Crippen LogP contribution is 2.71. The molecule has 8 atom stereocenters. The van der Waals surface area contributed by atoms with Crippen LogP contribution in [0.1, 0.15) is 79.1 Å². The van der Waals surface area contributed by atoms with E-state index in [0.29, 0.717) is 30.0 Å². The smallest absolute Gasteiger partial charge is 0.141 e. The molecule has 0 aromatic heterocycles. The van der Waals surface area contributed by atoms with Gasteiger partial charge in [0.25, 0.3) is 0 Å². The maximum Gasteiger partial charge on any atom is 0.141 e. The number of rotatable bonds is 0. The molecule has 2 N–H and O–H groups in total. The zero-order chi connectivity index (χ0) is 17.5. The summed E-state index contributed by atoms with van der Waals surface area (Å²) in [7, 11) is 0. The Kier molecular flexibility index (Phi) is 3.44. The number of aliphatic hydroxyl groups excluding tert-OH is 1. The molecule has 0 aromatic carbocycles. The second kappa shape index (κ2) is 4.85. The average Bonchev–Trinajstić information content (AvgIpc) is 2.81. The lowest BCUT2D eigenvalue weighted by molar-refractivity contribution is -0.209. The van der Waals surface area contributed by atoms with E-state index in [1.165, 1.54) is 0 Å². The van der Waals surface area contributed by atoms with Gasteiger partial charge in [-0.2, -0.15) is 0 Å². The quantitative estimate of drug-likeness (QED) is 0.710. The zero-order valence-electron chi connectivity index (χ0n) is 15.8. The van der Waals surface area contributed by atoms with Crippen LogP contribution >= 0.6 is 0 Å². The van der Waals surface area contributed by atoms with Crippen LogP contribution in [0.2, 0.25) is 0 Å². The van der Waals surface area contributed by atoms with E-state index < -0.39 is 17.1 Å². The Balaban J connectivity index is 1.73. The third-order valence-electron chi connectivity index (χ3n) is 9.38. The summed E-state index contributed by atoms with van der Waals surface area (Å²) in [5.74, 6) is 1.64. The number of carbonyl (C=O) groups excluding carboxylic acids is 1. The fraction of sp³-hybridized carbons (Fsp3) is 0.952. The van der Waals surface area contributed by atoms with Crippen LogP contribution in [0, 0.1) is 34.0 Å². The van der Waals surface area contributed by atoms with E-state index >= 15 is 0 Å². The van der Waals surface area contributed by atoms with Gasteiger partial charge in [0.15, 0.2) is 0 Å². The maximum absolute atomic E-state index is 12.6. The summed E-state index contributed by atoms with van der Waals surface area (Å²) in [6.45, 7) is 8.86. The van der Waals surface area contributed by atoms with Gasteiger partial charge in [0, 0.05) is 6.42 Å². The highest BCUT2D eigenvalue weighted by atomic mass is 16.3. The van der Waals surface area contributed by atoms with Crippen molar-refractivity contribution in [3.63, 3.8) is 0 Å². The van der Waals surface area contributed by atoms with E-state index in [1.807, 2.05) is 13.8 Å². The first-order valence-electron chi connectivity index (χ1n) is 9.98. The fourth-order valence-electron chi connectivity index (χ4n) is 7.81. The van der Waals surface area contributed by atoms with E-state index in [4.69, 9.17) is 0 Å². The topological polar surface area (TPSA) is 57.5 Å². The van der Waals surface area contributed by atoms with Gasteiger partial charge < -0.3 is 10.2 Å². The number of ketones is 1. The Morgan fingerprint density at radius 3 is 2.38 bits per heavy atom. The Labute approximate surface area is 146 Å². The molecule has 0 spiro atoms. The van der Waals surface area contributed by atoms with Gasteiger partial charge in [-0.15, -0.1) is 0 Å². The molecule has 3 nitrogen and oxygen atoms in total. The average molecular weight is 335 g/mol. The molecule has 4 saturated carbocycles. The van der Waals surface area contributed by atoms with Crippen LogP contribution in [0.4, 0.5) is 0 Å². The summed E-state index contributed by atoms with van der Waals surface area (Å²) in [4.78, 5) is 12.6. The molecule has 0 aromatic rings. The zero-order valence-corrected chi connectivity index (χ0v) is 15.8. The number of carbonyl (C=O) groups is 1. The second-order valence-electron chi connectivity index (χ2n) is 10.5. The van der Waals surface area contributed by atoms with Crippen molar-refractivity contribution in [2.75, 3.05) is 0 Å². The molecule has 0 radical (unpaired) electrons. The van der Waals surface area contributed by atoms with Crippen LogP contribution in [0.15, 0.2) is 0 Å². The van der Waals surface area contributed by atoms with Crippen molar-refractivity contribution in [2.24, 2.45) is 34.0 Å². The summed E-state index contributed by atoms with van der Waals surface area (Å²) in [6.07, 6.45) is 7.00. The van der Waals surface area contributed by atoms with E-state index in [1.54, 1.807) is 0 Å². The number of aliphatic hydroxyl groups is 2. The lowest BCUT2D eigenvalue weighted by atomic mass is 9.39. The molecule has 0 aliphatic heterocycles. The van der Waals surface area contributed by atoms with Gasteiger partial charge in [-0.25, -0.2) is 0 Å². The predicted molar refractivity (Wildman–Crippen MR) is 93.4 cm³/mol. The monoisotopic (exact) mass is 334 g/mol. The van der Waals surface area contributed by atoms with Crippen LogP contribution < -0.4 is 0 Å². The van der Waals surface area contributed by atoms with Crippen molar-refractivity contribution in [3.8, 4) is 0 Å². The van der Waals surface area contributed by atoms with Gasteiger partial charge >= 0.3 is 0 Å². The highest BCUT2D eigenvalue weighted by Gasteiger charge is 2.68. The lowest BCUT2D eigenvalue weighted by Crippen LogP contribution is -2.63. The van der Waals surface area contributed by atoms with Crippen molar-refractivity contribution in [1.29, 1.82) is 0 Å². The van der Waals surface area contributed by atoms with Crippen LogP contribution in [-0.4, -0.2) is 27.7 Å². The molecule has 0 unspecified atom stereocenters. The van der Waals surface area contributed by atoms with Crippen molar-refractivity contribution < 1.29 is 15.0 Å². The van der Waals surface area contributed by atoms with Gasteiger partial charge in [-0.05, 0) is 87.4 Å². The van der Waals surface area contributed by atoms with Crippen LogP contribution in [-0.2, 0) is 4.79 Å². The minimum absolute atomic E-state index is 0.161. The van der Waals surface area contributed by atoms with Crippen molar-refractivity contribution in [1.82, 2.24) is 0 Å². The van der Waals surface area contributed by atoms with E-state index in [-0.39, 0.29) is 10.8 Å². The van der Waals surface area contributed by atoms with Gasteiger partial charge in [0.05, 0.1) is 17.1 Å². The van der Waals surface area contributed by atoms with Crippen molar-refractivity contribution >= 4 is 5.78 Å². The van der Waals surface area contributed by atoms with Crippen LogP contribution in [0.25, 0.3) is 0 Å². The third-order valence-corrected chi connectivity index (χ3v) is 9.38. The van der Waals surface area contributed by atoms with Crippen LogP contribution in [0.3, 0.4) is 0 Å². The Hall–Kier alpha value is -0.410. The molecule has 24 heavy (non-hydrogen) atoms. The van der Waals surface area contributed by atoms with Gasteiger partial charge in [0.1, 0.15) is 5.78 Å². The molecule has 4 aliphatic rings. The minimum atomic E-state index is -0.525. The first kappa shape index (κ1) is 17.0.